The number of allylic oxidation sites excluding steroid dienone is 2. The lowest BCUT2D eigenvalue weighted by Crippen LogP contribution is -2.55. The van der Waals surface area contributed by atoms with Crippen LogP contribution in [0.1, 0.15) is 73.1 Å². The summed E-state index contributed by atoms with van der Waals surface area (Å²) >= 11 is 0. The van der Waals surface area contributed by atoms with Crippen molar-refractivity contribution in [2.75, 3.05) is 0 Å². The SMILES string of the molecule is C[C@H]1CC[C@@]2(C)C(=C[C@H](C)[C@@H]3C2[C@H](C)C[C@]2(C)C(=O)CC[C@@H]32)C1. The normalized spacial score (nSPS) is 55.7. The minimum Gasteiger partial charge on any atom is -0.299 e. The van der Waals surface area contributed by atoms with Crippen molar-refractivity contribution in [3.05, 3.63) is 11.6 Å². The molecule has 0 heterocycles. The molecule has 0 aliphatic heterocycles. The molecule has 3 saturated carbocycles. The van der Waals surface area contributed by atoms with E-state index in [0.29, 0.717) is 29.0 Å². The summed E-state index contributed by atoms with van der Waals surface area (Å²) in [6, 6.07) is 0. The first-order valence-corrected chi connectivity index (χ1v) is 10.0. The first kappa shape index (κ1) is 15.9. The highest BCUT2D eigenvalue weighted by Gasteiger charge is 2.62. The lowest BCUT2D eigenvalue weighted by molar-refractivity contribution is -0.137. The van der Waals surface area contributed by atoms with Gasteiger partial charge in [-0.05, 0) is 73.0 Å². The Morgan fingerprint density at radius 1 is 1.09 bits per heavy atom. The van der Waals surface area contributed by atoms with Gasteiger partial charge in [0.25, 0.3) is 0 Å². The smallest absolute Gasteiger partial charge is 0.139 e. The maximum Gasteiger partial charge on any atom is 0.139 e. The second-order valence-corrected chi connectivity index (χ2v) is 10.1. The molecule has 0 bridgehead atoms. The number of hydrogen-bond donors (Lipinski definition) is 0. The number of carbonyl (C=O) groups is 1. The highest BCUT2D eigenvalue weighted by Crippen LogP contribution is 2.66. The zero-order valence-electron chi connectivity index (χ0n) is 15.7. The maximum absolute atomic E-state index is 12.6. The summed E-state index contributed by atoms with van der Waals surface area (Å²) in [5.41, 5.74) is 2.17. The highest BCUT2D eigenvalue weighted by atomic mass is 16.1. The second kappa shape index (κ2) is 4.96. The standard InChI is InChI=1S/C22H34O/c1-13-8-9-21(4)16(10-13)11-14(2)19-17-6-7-18(23)22(17,5)12-15(3)20(19)21/h11,13-15,17,19-20H,6-10,12H2,1-5H3/t13-,14-,15+,17-,19-,20?,21-,22-/m0/s1. The fourth-order valence-electron chi connectivity index (χ4n) is 7.64. The van der Waals surface area contributed by atoms with Crippen LogP contribution in [0.5, 0.6) is 0 Å². The summed E-state index contributed by atoms with van der Waals surface area (Å²) in [7, 11) is 0. The Kier molecular flexibility index (Phi) is 3.43. The molecule has 23 heavy (non-hydrogen) atoms. The molecule has 0 amide bonds. The van der Waals surface area contributed by atoms with Crippen LogP contribution >= 0.6 is 0 Å². The summed E-state index contributed by atoms with van der Waals surface area (Å²) < 4.78 is 0. The number of ketones is 1. The van der Waals surface area contributed by atoms with Gasteiger partial charge in [0, 0.05) is 11.8 Å². The van der Waals surface area contributed by atoms with Gasteiger partial charge < -0.3 is 0 Å². The van der Waals surface area contributed by atoms with E-state index in [1.165, 1.54) is 19.3 Å². The van der Waals surface area contributed by atoms with Crippen molar-refractivity contribution in [2.24, 2.45) is 46.3 Å². The Morgan fingerprint density at radius 3 is 2.57 bits per heavy atom. The molecule has 4 aliphatic carbocycles. The molecule has 0 radical (unpaired) electrons. The molecule has 1 unspecified atom stereocenters. The second-order valence-electron chi connectivity index (χ2n) is 10.1. The zero-order chi connectivity index (χ0) is 16.6. The molecule has 4 rings (SSSR count). The predicted octanol–water partition coefficient (Wildman–Crippen LogP) is 5.65. The van der Waals surface area contributed by atoms with Gasteiger partial charge in [-0.25, -0.2) is 0 Å². The van der Waals surface area contributed by atoms with Gasteiger partial charge in [-0.15, -0.1) is 0 Å². The molecule has 0 aromatic heterocycles. The Hall–Kier alpha value is -0.590. The van der Waals surface area contributed by atoms with Gasteiger partial charge in [0.15, 0.2) is 0 Å². The lowest BCUT2D eigenvalue weighted by atomic mass is 9.43. The quantitative estimate of drug-likeness (QED) is 0.528. The van der Waals surface area contributed by atoms with Gasteiger partial charge in [-0.3, -0.25) is 4.79 Å². The van der Waals surface area contributed by atoms with Crippen molar-refractivity contribution in [2.45, 2.75) is 73.1 Å². The zero-order valence-corrected chi connectivity index (χ0v) is 15.7. The summed E-state index contributed by atoms with van der Waals surface area (Å²) in [5, 5.41) is 0. The summed E-state index contributed by atoms with van der Waals surface area (Å²) in [6.45, 7) is 12.2. The minimum absolute atomic E-state index is 0.0154. The van der Waals surface area contributed by atoms with E-state index in [0.717, 1.165) is 37.0 Å². The van der Waals surface area contributed by atoms with Crippen molar-refractivity contribution >= 4 is 5.78 Å². The molecule has 1 nitrogen and oxygen atoms in total. The monoisotopic (exact) mass is 314 g/mol. The summed E-state index contributed by atoms with van der Waals surface area (Å²) in [6.07, 6.45) is 9.87. The number of rotatable bonds is 0. The Labute approximate surface area is 142 Å². The molecule has 3 fully saturated rings. The van der Waals surface area contributed by atoms with Crippen molar-refractivity contribution in [1.82, 2.24) is 0 Å². The summed E-state index contributed by atoms with van der Waals surface area (Å²) in [4.78, 5) is 12.6. The third-order valence-electron chi connectivity index (χ3n) is 8.64. The molecule has 0 spiro atoms. The Balaban J connectivity index is 1.79. The van der Waals surface area contributed by atoms with Crippen LogP contribution in [-0.4, -0.2) is 5.78 Å². The van der Waals surface area contributed by atoms with Gasteiger partial charge in [0.1, 0.15) is 5.78 Å². The van der Waals surface area contributed by atoms with Crippen LogP contribution < -0.4 is 0 Å². The molecular weight excluding hydrogens is 280 g/mol. The van der Waals surface area contributed by atoms with Crippen LogP contribution in [0.3, 0.4) is 0 Å². The Morgan fingerprint density at radius 2 is 1.83 bits per heavy atom. The van der Waals surface area contributed by atoms with Crippen LogP contribution in [0.25, 0.3) is 0 Å². The fraction of sp³-hybridized carbons (Fsp3) is 0.864. The van der Waals surface area contributed by atoms with Crippen LogP contribution in [-0.2, 0) is 4.79 Å². The largest absolute Gasteiger partial charge is 0.299 e. The highest BCUT2D eigenvalue weighted by molar-refractivity contribution is 5.87. The molecule has 0 saturated heterocycles. The molecule has 128 valence electrons. The van der Waals surface area contributed by atoms with E-state index in [9.17, 15) is 4.79 Å². The van der Waals surface area contributed by atoms with Gasteiger partial charge in [0.2, 0.25) is 0 Å². The molecule has 8 atom stereocenters. The molecule has 0 aromatic carbocycles. The van der Waals surface area contributed by atoms with Crippen molar-refractivity contribution in [1.29, 1.82) is 0 Å². The Bertz CT molecular complexity index is 560. The van der Waals surface area contributed by atoms with Crippen molar-refractivity contribution in [3.8, 4) is 0 Å². The van der Waals surface area contributed by atoms with Crippen LogP contribution in [0.2, 0.25) is 0 Å². The number of Topliss-reactive ketones (excluding diaryl/α,β-unsaturated/α-hetero) is 1. The topological polar surface area (TPSA) is 17.1 Å². The van der Waals surface area contributed by atoms with Crippen molar-refractivity contribution < 1.29 is 4.79 Å². The minimum atomic E-state index is -0.0154. The molecule has 0 N–H and O–H groups in total. The van der Waals surface area contributed by atoms with E-state index in [-0.39, 0.29) is 5.41 Å². The summed E-state index contributed by atoms with van der Waals surface area (Å²) in [5.74, 6) is 4.94. The van der Waals surface area contributed by atoms with Crippen LogP contribution in [0.4, 0.5) is 0 Å². The molecule has 1 heteroatoms. The first-order chi connectivity index (χ1) is 10.8. The average Bonchev–Trinajstić information content (AvgIpc) is 2.76. The fourth-order valence-corrected chi connectivity index (χ4v) is 7.64. The van der Waals surface area contributed by atoms with Crippen molar-refractivity contribution in [3.63, 3.8) is 0 Å². The van der Waals surface area contributed by atoms with Crippen LogP contribution in [0.15, 0.2) is 11.6 Å². The van der Waals surface area contributed by atoms with Gasteiger partial charge in [0.05, 0.1) is 0 Å². The van der Waals surface area contributed by atoms with E-state index >= 15 is 0 Å². The van der Waals surface area contributed by atoms with E-state index in [4.69, 9.17) is 0 Å². The molecule has 0 aromatic rings. The third-order valence-corrected chi connectivity index (χ3v) is 8.64. The maximum atomic E-state index is 12.6. The number of carbonyl (C=O) groups excluding carboxylic acids is 1. The van der Waals surface area contributed by atoms with E-state index in [2.05, 4.69) is 40.7 Å². The molecular formula is C22H34O. The van der Waals surface area contributed by atoms with Gasteiger partial charge in [-0.2, -0.15) is 0 Å². The number of fused-ring (bicyclic) bond motifs is 5. The predicted molar refractivity (Wildman–Crippen MR) is 95.0 cm³/mol. The first-order valence-electron chi connectivity index (χ1n) is 10.0. The van der Waals surface area contributed by atoms with E-state index in [1.807, 2.05) is 0 Å². The van der Waals surface area contributed by atoms with Gasteiger partial charge in [-0.1, -0.05) is 46.3 Å². The lowest BCUT2D eigenvalue weighted by Gasteiger charge is -2.61. The van der Waals surface area contributed by atoms with Crippen LogP contribution in [0, 0.1) is 46.3 Å². The molecule has 4 aliphatic rings. The third kappa shape index (κ3) is 2.01. The van der Waals surface area contributed by atoms with E-state index < -0.39 is 0 Å². The van der Waals surface area contributed by atoms with Gasteiger partial charge >= 0.3 is 0 Å². The average molecular weight is 315 g/mol. The number of hydrogen-bond acceptors (Lipinski definition) is 1. The van der Waals surface area contributed by atoms with E-state index in [1.54, 1.807) is 5.57 Å².